The highest BCUT2D eigenvalue weighted by molar-refractivity contribution is 5.81. The van der Waals surface area contributed by atoms with Crippen LogP contribution in [-0.4, -0.2) is 19.1 Å². The molecule has 0 aliphatic carbocycles. The Bertz CT molecular complexity index is 732. The minimum Gasteiger partial charge on any atom is -0.497 e. The van der Waals surface area contributed by atoms with Gasteiger partial charge in [-0.15, -0.1) is 0 Å². The van der Waals surface area contributed by atoms with Crippen molar-refractivity contribution < 1.29 is 14.3 Å². The van der Waals surface area contributed by atoms with Crippen molar-refractivity contribution in [1.29, 1.82) is 0 Å². The molecule has 0 unspecified atom stereocenters. The summed E-state index contributed by atoms with van der Waals surface area (Å²) in [5.41, 5.74) is 2.46. The molecule has 0 heterocycles. The van der Waals surface area contributed by atoms with Crippen LogP contribution in [0.3, 0.4) is 0 Å². The molecule has 0 saturated heterocycles. The van der Waals surface area contributed by atoms with Gasteiger partial charge in [0.15, 0.2) is 6.10 Å². The van der Waals surface area contributed by atoms with E-state index in [2.05, 4.69) is 50.4 Å². The maximum atomic E-state index is 12.4. The van der Waals surface area contributed by atoms with E-state index in [9.17, 15) is 4.79 Å². The van der Waals surface area contributed by atoms with Crippen LogP contribution in [0.5, 0.6) is 11.5 Å². The highest BCUT2D eigenvalue weighted by Gasteiger charge is 2.19. The first-order valence-corrected chi connectivity index (χ1v) is 8.92. The van der Waals surface area contributed by atoms with E-state index in [1.54, 1.807) is 26.2 Å². The predicted molar refractivity (Wildman–Crippen MR) is 105 cm³/mol. The van der Waals surface area contributed by atoms with Crippen molar-refractivity contribution in [2.45, 2.75) is 52.2 Å². The van der Waals surface area contributed by atoms with Crippen molar-refractivity contribution in [3.63, 3.8) is 0 Å². The summed E-state index contributed by atoms with van der Waals surface area (Å²) in [5.74, 6) is 1.15. The Balaban J connectivity index is 1.97. The van der Waals surface area contributed by atoms with Gasteiger partial charge in [-0.2, -0.15) is 0 Å². The number of hydrogen-bond donors (Lipinski definition) is 1. The molecule has 0 radical (unpaired) electrons. The summed E-state index contributed by atoms with van der Waals surface area (Å²) in [6.45, 7) is 10.3. The summed E-state index contributed by atoms with van der Waals surface area (Å²) in [6, 6.07) is 15.5. The Morgan fingerprint density at radius 3 is 2.19 bits per heavy atom. The molecule has 0 aromatic heterocycles. The van der Waals surface area contributed by atoms with Gasteiger partial charge in [0.05, 0.1) is 13.2 Å². The molecule has 0 saturated carbocycles. The molecule has 4 heteroatoms. The van der Waals surface area contributed by atoms with Gasteiger partial charge in [0, 0.05) is 6.07 Å². The molecule has 2 aromatic rings. The van der Waals surface area contributed by atoms with E-state index in [0.717, 1.165) is 5.56 Å². The van der Waals surface area contributed by atoms with Gasteiger partial charge < -0.3 is 14.8 Å². The molecular formula is C22H29NO3. The smallest absolute Gasteiger partial charge is 0.261 e. The number of rotatable bonds is 6. The molecule has 2 atom stereocenters. The van der Waals surface area contributed by atoms with Crippen LogP contribution in [0.4, 0.5) is 0 Å². The van der Waals surface area contributed by atoms with E-state index in [1.165, 1.54) is 5.56 Å². The predicted octanol–water partition coefficient (Wildman–Crippen LogP) is 4.64. The molecule has 4 nitrogen and oxygen atoms in total. The number of nitrogens with one attached hydrogen (secondary N) is 1. The van der Waals surface area contributed by atoms with Crippen molar-refractivity contribution in [2.75, 3.05) is 7.11 Å². The maximum Gasteiger partial charge on any atom is 0.261 e. The van der Waals surface area contributed by atoms with Gasteiger partial charge in [0.25, 0.3) is 5.91 Å². The summed E-state index contributed by atoms with van der Waals surface area (Å²) in [6.07, 6.45) is -0.599. The minimum atomic E-state index is -0.599. The summed E-state index contributed by atoms with van der Waals surface area (Å²) in [7, 11) is 1.60. The Morgan fingerprint density at radius 2 is 1.62 bits per heavy atom. The fourth-order valence-corrected chi connectivity index (χ4v) is 2.62. The van der Waals surface area contributed by atoms with Crippen LogP contribution in [0.1, 0.15) is 51.8 Å². The SMILES string of the molecule is COc1cccc(O[C@@H](C)C(=O)N[C@@H](C)c2ccc(C(C)(C)C)cc2)c1. The summed E-state index contributed by atoms with van der Waals surface area (Å²) in [5, 5.41) is 3.01. The number of amides is 1. The number of benzene rings is 2. The molecule has 2 rings (SSSR count). The summed E-state index contributed by atoms with van der Waals surface area (Å²) in [4.78, 5) is 12.4. The van der Waals surface area contributed by atoms with Gasteiger partial charge in [-0.05, 0) is 42.5 Å². The van der Waals surface area contributed by atoms with E-state index < -0.39 is 6.10 Å². The Kier molecular flexibility index (Phi) is 6.30. The third-order valence-corrected chi connectivity index (χ3v) is 4.36. The lowest BCUT2D eigenvalue weighted by Crippen LogP contribution is -2.37. The molecule has 140 valence electrons. The Labute approximate surface area is 156 Å². The maximum absolute atomic E-state index is 12.4. The molecule has 2 aromatic carbocycles. The molecule has 0 spiro atoms. The zero-order valence-corrected chi connectivity index (χ0v) is 16.5. The largest absolute Gasteiger partial charge is 0.497 e. The summed E-state index contributed by atoms with van der Waals surface area (Å²) < 4.78 is 10.9. The Hall–Kier alpha value is -2.49. The second-order valence-corrected chi connectivity index (χ2v) is 7.54. The average Bonchev–Trinajstić information content (AvgIpc) is 2.61. The normalized spacial score (nSPS) is 13.6. The molecule has 0 bridgehead atoms. The van der Waals surface area contributed by atoms with Crippen LogP contribution < -0.4 is 14.8 Å². The van der Waals surface area contributed by atoms with E-state index in [1.807, 2.05) is 19.1 Å². The van der Waals surface area contributed by atoms with Gasteiger partial charge in [-0.25, -0.2) is 0 Å². The third-order valence-electron chi connectivity index (χ3n) is 4.36. The van der Waals surface area contributed by atoms with Gasteiger partial charge in [0.1, 0.15) is 11.5 Å². The molecule has 0 aliphatic rings. The van der Waals surface area contributed by atoms with E-state index in [-0.39, 0.29) is 17.4 Å². The van der Waals surface area contributed by atoms with Crippen LogP contribution in [0.2, 0.25) is 0 Å². The topological polar surface area (TPSA) is 47.6 Å². The zero-order chi connectivity index (χ0) is 19.3. The highest BCUT2D eigenvalue weighted by Crippen LogP contribution is 2.24. The van der Waals surface area contributed by atoms with Gasteiger partial charge in [0.2, 0.25) is 0 Å². The zero-order valence-electron chi connectivity index (χ0n) is 16.5. The molecule has 0 fully saturated rings. The second kappa shape index (κ2) is 8.26. The van der Waals surface area contributed by atoms with Crippen LogP contribution in [0.15, 0.2) is 48.5 Å². The van der Waals surface area contributed by atoms with Gasteiger partial charge >= 0.3 is 0 Å². The fourth-order valence-electron chi connectivity index (χ4n) is 2.62. The van der Waals surface area contributed by atoms with Crippen molar-refractivity contribution in [3.05, 3.63) is 59.7 Å². The van der Waals surface area contributed by atoms with E-state index in [4.69, 9.17) is 9.47 Å². The van der Waals surface area contributed by atoms with E-state index >= 15 is 0 Å². The molecule has 0 aliphatic heterocycles. The number of carbonyl (C=O) groups is 1. The van der Waals surface area contributed by atoms with Gasteiger partial charge in [-0.1, -0.05) is 51.1 Å². The first kappa shape index (κ1) is 19.8. The third kappa shape index (κ3) is 5.25. The van der Waals surface area contributed by atoms with Crippen LogP contribution in [0, 0.1) is 0 Å². The molecule has 1 N–H and O–H groups in total. The average molecular weight is 355 g/mol. The number of ether oxygens (including phenoxy) is 2. The fraction of sp³-hybridized carbons (Fsp3) is 0.409. The van der Waals surface area contributed by atoms with Crippen molar-refractivity contribution in [3.8, 4) is 11.5 Å². The lowest BCUT2D eigenvalue weighted by atomic mass is 9.86. The van der Waals surface area contributed by atoms with Crippen molar-refractivity contribution >= 4 is 5.91 Å². The monoisotopic (exact) mass is 355 g/mol. The van der Waals surface area contributed by atoms with Crippen LogP contribution >= 0.6 is 0 Å². The first-order valence-electron chi connectivity index (χ1n) is 8.92. The van der Waals surface area contributed by atoms with E-state index in [0.29, 0.717) is 11.5 Å². The lowest BCUT2D eigenvalue weighted by Gasteiger charge is -2.22. The molecule has 26 heavy (non-hydrogen) atoms. The van der Waals surface area contributed by atoms with Crippen LogP contribution in [-0.2, 0) is 10.2 Å². The second-order valence-electron chi connectivity index (χ2n) is 7.54. The van der Waals surface area contributed by atoms with Crippen LogP contribution in [0.25, 0.3) is 0 Å². The van der Waals surface area contributed by atoms with Crippen molar-refractivity contribution in [2.24, 2.45) is 0 Å². The molecular weight excluding hydrogens is 326 g/mol. The molecule has 1 amide bonds. The standard InChI is InChI=1S/C22H29NO3/c1-15(17-10-12-18(13-11-17)22(3,4)5)23-21(24)16(2)26-20-9-7-8-19(14-20)25-6/h7-16H,1-6H3,(H,23,24)/t15-,16-/m0/s1. The Morgan fingerprint density at radius 1 is 1.00 bits per heavy atom. The highest BCUT2D eigenvalue weighted by atomic mass is 16.5. The van der Waals surface area contributed by atoms with Gasteiger partial charge in [-0.3, -0.25) is 4.79 Å². The minimum absolute atomic E-state index is 0.0899. The number of hydrogen-bond acceptors (Lipinski definition) is 3. The quantitative estimate of drug-likeness (QED) is 0.821. The number of methoxy groups -OCH3 is 1. The number of carbonyl (C=O) groups excluding carboxylic acids is 1. The summed E-state index contributed by atoms with van der Waals surface area (Å²) >= 11 is 0. The van der Waals surface area contributed by atoms with Crippen molar-refractivity contribution in [1.82, 2.24) is 5.32 Å². The lowest BCUT2D eigenvalue weighted by molar-refractivity contribution is -0.127. The first-order chi connectivity index (χ1) is 12.2.